The van der Waals surface area contributed by atoms with Crippen LogP contribution in [0.4, 0.5) is 0 Å². The summed E-state index contributed by atoms with van der Waals surface area (Å²) >= 11 is 0. The number of hydrogen-bond donors (Lipinski definition) is 2. The SMILES string of the molecule is CN(CCOc1cccc(CN=C(N)NCCCN2CCOCC2)c1)C1CCOCC1.I. The van der Waals surface area contributed by atoms with E-state index in [1.807, 2.05) is 18.2 Å². The molecule has 8 nitrogen and oxygen atoms in total. The van der Waals surface area contributed by atoms with Gasteiger partial charge in [-0.2, -0.15) is 0 Å². The zero-order chi connectivity index (χ0) is 21.7. The van der Waals surface area contributed by atoms with Crippen molar-refractivity contribution in [3.63, 3.8) is 0 Å². The van der Waals surface area contributed by atoms with Crippen LogP contribution in [0.2, 0.25) is 0 Å². The van der Waals surface area contributed by atoms with E-state index in [1.165, 1.54) is 0 Å². The van der Waals surface area contributed by atoms with Gasteiger partial charge in [-0.1, -0.05) is 12.1 Å². The smallest absolute Gasteiger partial charge is 0.188 e. The molecule has 182 valence electrons. The molecule has 2 saturated heterocycles. The predicted molar refractivity (Wildman–Crippen MR) is 139 cm³/mol. The summed E-state index contributed by atoms with van der Waals surface area (Å²) in [5, 5.41) is 3.21. The standard InChI is InChI=1S/C23H39N5O3.HI/c1-27(21-6-13-29-14-7-21)10-17-31-22-5-2-4-20(18-22)19-26-23(24)25-8-3-9-28-11-15-30-16-12-28;/h2,4-5,18,21H,3,6-17,19H2,1H3,(H3,24,25,26);1H. The number of morpholine rings is 1. The van der Waals surface area contributed by atoms with Crippen molar-refractivity contribution >= 4 is 29.9 Å². The Bertz CT molecular complexity index is 667. The van der Waals surface area contributed by atoms with Gasteiger partial charge in [0.25, 0.3) is 0 Å². The zero-order valence-electron chi connectivity index (χ0n) is 19.3. The van der Waals surface area contributed by atoms with E-state index in [2.05, 4.69) is 33.2 Å². The van der Waals surface area contributed by atoms with Gasteiger partial charge in [0, 0.05) is 45.4 Å². The fourth-order valence-electron chi connectivity index (χ4n) is 3.93. The molecule has 2 aliphatic heterocycles. The van der Waals surface area contributed by atoms with Gasteiger partial charge in [0.15, 0.2) is 5.96 Å². The lowest BCUT2D eigenvalue weighted by Crippen LogP contribution is -2.39. The quantitative estimate of drug-likeness (QED) is 0.185. The molecule has 1 aromatic carbocycles. The van der Waals surface area contributed by atoms with Crippen LogP contribution in [0.15, 0.2) is 29.3 Å². The molecule has 0 aliphatic carbocycles. The van der Waals surface area contributed by atoms with Crippen LogP contribution in [0.25, 0.3) is 0 Å². The third-order valence-electron chi connectivity index (χ3n) is 5.92. The molecule has 0 spiro atoms. The Kier molecular flexibility index (Phi) is 13.3. The normalized spacial score (nSPS) is 18.4. The van der Waals surface area contributed by atoms with Crippen LogP contribution < -0.4 is 15.8 Å². The zero-order valence-corrected chi connectivity index (χ0v) is 21.7. The van der Waals surface area contributed by atoms with Crippen LogP contribution in [-0.4, -0.2) is 94.6 Å². The highest BCUT2D eigenvalue weighted by Gasteiger charge is 2.18. The fraction of sp³-hybridized carbons (Fsp3) is 0.696. The highest BCUT2D eigenvalue weighted by atomic mass is 127. The number of nitrogens with two attached hydrogens (primary N) is 1. The molecular weight excluding hydrogens is 521 g/mol. The Morgan fingerprint density at radius 3 is 2.75 bits per heavy atom. The van der Waals surface area contributed by atoms with Crippen molar-refractivity contribution < 1.29 is 14.2 Å². The summed E-state index contributed by atoms with van der Waals surface area (Å²) in [6.45, 7) is 9.47. The minimum Gasteiger partial charge on any atom is -0.492 e. The summed E-state index contributed by atoms with van der Waals surface area (Å²) in [6, 6.07) is 8.70. The van der Waals surface area contributed by atoms with Gasteiger partial charge in [0.05, 0.1) is 19.8 Å². The first kappa shape index (κ1) is 27.1. The van der Waals surface area contributed by atoms with E-state index in [-0.39, 0.29) is 24.0 Å². The second kappa shape index (κ2) is 15.7. The number of nitrogens with zero attached hydrogens (tertiary/aromatic N) is 3. The topological polar surface area (TPSA) is 84.6 Å². The first-order chi connectivity index (χ1) is 15.2. The van der Waals surface area contributed by atoms with Crippen LogP contribution in [-0.2, 0) is 16.0 Å². The first-order valence-corrected chi connectivity index (χ1v) is 11.5. The number of guanidine groups is 1. The van der Waals surface area contributed by atoms with Crippen molar-refractivity contribution in [1.82, 2.24) is 15.1 Å². The number of hydrogen-bond acceptors (Lipinski definition) is 6. The van der Waals surface area contributed by atoms with Gasteiger partial charge in [0.1, 0.15) is 12.4 Å². The second-order valence-electron chi connectivity index (χ2n) is 8.26. The van der Waals surface area contributed by atoms with Crippen molar-refractivity contribution in [1.29, 1.82) is 0 Å². The van der Waals surface area contributed by atoms with E-state index in [9.17, 15) is 0 Å². The fourth-order valence-corrected chi connectivity index (χ4v) is 3.93. The maximum atomic E-state index is 6.02. The van der Waals surface area contributed by atoms with E-state index in [4.69, 9.17) is 19.9 Å². The molecule has 0 amide bonds. The molecular formula is C23H40IN5O3. The molecule has 2 aliphatic rings. The average Bonchev–Trinajstić information content (AvgIpc) is 2.82. The number of likely N-dealkylation sites (N-methyl/N-ethyl adjacent to an activating group) is 1. The largest absolute Gasteiger partial charge is 0.492 e. The van der Waals surface area contributed by atoms with Gasteiger partial charge in [-0.3, -0.25) is 9.80 Å². The van der Waals surface area contributed by atoms with Crippen LogP contribution in [0.5, 0.6) is 5.75 Å². The third-order valence-corrected chi connectivity index (χ3v) is 5.92. The molecule has 0 unspecified atom stereocenters. The van der Waals surface area contributed by atoms with Crippen LogP contribution >= 0.6 is 24.0 Å². The molecule has 9 heteroatoms. The lowest BCUT2D eigenvalue weighted by molar-refractivity contribution is 0.0376. The van der Waals surface area contributed by atoms with Gasteiger partial charge < -0.3 is 25.3 Å². The summed E-state index contributed by atoms with van der Waals surface area (Å²) in [5.74, 6) is 1.37. The molecule has 0 bridgehead atoms. The number of benzene rings is 1. The summed E-state index contributed by atoms with van der Waals surface area (Å²) < 4.78 is 16.8. The lowest BCUT2D eigenvalue weighted by atomic mass is 10.1. The second-order valence-corrected chi connectivity index (χ2v) is 8.26. The van der Waals surface area contributed by atoms with Crippen molar-refractivity contribution in [2.24, 2.45) is 10.7 Å². The molecule has 1 aromatic rings. The van der Waals surface area contributed by atoms with E-state index < -0.39 is 0 Å². The number of nitrogens with one attached hydrogen (secondary N) is 1. The van der Waals surface area contributed by atoms with Crippen LogP contribution in [0.3, 0.4) is 0 Å². The summed E-state index contributed by atoms with van der Waals surface area (Å²) in [4.78, 5) is 9.26. The van der Waals surface area contributed by atoms with Gasteiger partial charge in [-0.25, -0.2) is 4.99 Å². The highest BCUT2D eigenvalue weighted by molar-refractivity contribution is 14.0. The predicted octanol–water partition coefficient (Wildman–Crippen LogP) is 1.92. The summed E-state index contributed by atoms with van der Waals surface area (Å²) in [5.41, 5.74) is 7.11. The van der Waals surface area contributed by atoms with Crippen molar-refractivity contribution in [3.05, 3.63) is 29.8 Å². The van der Waals surface area contributed by atoms with Gasteiger partial charge >= 0.3 is 0 Å². The molecule has 0 atom stereocenters. The number of rotatable bonds is 11. The van der Waals surface area contributed by atoms with Crippen molar-refractivity contribution in [2.45, 2.75) is 31.8 Å². The molecule has 2 fully saturated rings. The monoisotopic (exact) mass is 561 g/mol. The first-order valence-electron chi connectivity index (χ1n) is 11.5. The lowest BCUT2D eigenvalue weighted by Gasteiger charge is -2.31. The molecule has 32 heavy (non-hydrogen) atoms. The van der Waals surface area contributed by atoms with Crippen LogP contribution in [0.1, 0.15) is 24.8 Å². The summed E-state index contributed by atoms with van der Waals surface area (Å²) in [6.07, 6.45) is 3.25. The Morgan fingerprint density at radius 1 is 1.22 bits per heavy atom. The Morgan fingerprint density at radius 2 is 1.97 bits per heavy atom. The van der Waals surface area contributed by atoms with E-state index >= 15 is 0 Å². The van der Waals surface area contributed by atoms with Gasteiger partial charge in [-0.15, -0.1) is 24.0 Å². The number of ether oxygens (including phenoxy) is 3. The van der Waals surface area contributed by atoms with Gasteiger partial charge in [-0.05, 0) is 50.6 Å². The minimum absolute atomic E-state index is 0. The van der Waals surface area contributed by atoms with Crippen molar-refractivity contribution in [2.75, 3.05) is 72.8 Å². The summed E-state index contributed by atoms with van der Waals surface area (Å²) in [7, 11) is 2.17. The van der Waals surface area contributed by atoms with E-state index in [0.717, 1.165) is 89.7 Å². The maximum absolute atomic E-state index is 6.02. The van der Waals surface area contributed by atoms with Crippen molar-refractivity contribution in [3.8, 4) is 5.75 Å². The molecule has 0 saturated carbocycles. The van der Waals surface area contributed by atoms with E-state index in [1.54, 1.807) is 0 Å². The molecule has 3 rings (SSSR count). The average molecular weight is 562 g/mol. The molecule has 2 heterocycles. The minimum atomic E-state index is 0. The molecule has 0 radical (unpaired) electrons. The Balaban J connectivity index is 0.00000363. The molecule has 3 N–H and O–H groups in total. The maximum Gasteiger partial charge on any atom is 0.188 e. The van der Waals surface area contributed by atoms with Gasteiger partial charge in [0.2, 0.25) is 0 Å². The highest BCUT2D eigenvalue weighted by Crippen LogP contribution is 2.15. The van der Waals surface area contributed by atoms with Crippen LogP contribution in [0, 0.1) is 0 Å². The number of halogens is 1. The molecule has 0 aromatic heterocycles. The third kappa shape index (κ3) is 10.2. The van der Waals surface area contributed by atoms with E-state index in [0.29, 0.717) is 25.2 Å². The number of aliphatic imine (C=N–C) groups is 1. The Labute approximate surface area is 209 Å². The Hall–Kier alpha value is -1.14.